The molecule has 3 aromatic rings. The summed E-state index contributed by atoms with van der Waals surface area (Å²) in [5.41, 5.74) is 3.82. The monoisotopic (exact) mass is 502 g/mol. The third-order valence-electron chi connectivity index (χ3n) is 6.57. The van der Waals surface area contributed by atoms with Crippen molar-refractivity contribution in [3.8, 4) is 11.3 Å². The van der Waals surface area contributed by atoms with Crippen LogP contribution in [0, 0.1) is 5.82 Å². The first kappa shape index (κ1) is 24.1. The van der Waals surface area contributed by atoms with Crippen molar-refractivity contribution >= 4 is 23.8 Å². The van der Waals surface area contributed by atoms with Crippen molar-refractivity contribution in [3.05, 3.63) is 88.9 Å². The van der Waals surface area contributed by atoms with Crippen LogP contribution in [0.4, 0.5) is 9.18 Å². The molecule has 9 nitrogen and oxygen atoms in total. The Morgan fingerprint density at radius 1 is 1.05 bits per heavy atom. The summed E-state index contributed by atoms with van der Waals surface area (Å²) in [7, 11) is 0. The summed E-state index contributed by atoms with van der Waals surface area (Å²) in [5.74, 6) is -1.50. The Morgan fingerprint density at radius 2 is 1.78 bits per heavy atom. The molecule has 1 unspecified atom stereocenters. The molecule has 0 spiro atoms. The van der Waals surface area contributed by atoms with E-state index < -0.39 is 18.0 Å². The zero-order chi connectivity index (χ0) is 26.1. The smallest absolute Gasteiger partial charge is 0.407 e. The standard InChI is InChI=1S/C27H23FN4O5/c28-20-5-3-18(4-6-20)22-12-17(9-10-29-22)14-31(27(36)37)13-16-1-2-19-15-32(26(35)21(19)11-16)23-7-8-24(33)30-25(23)34/h1-6,9-12,23H,7-8,13-15H2,(H,36,37)(H,30,33,34). The van der Waals surface area contributed by atoms with E-state index in [0.717, 1.165) is 5.56 Å². The Balaban J connectivity index is 1.31. The molecule has 2 aliphatic heterocycles. The molecule has 4 amide bonds. The Labute approximate surface area is 211 Å². The third-order valence-corrected chi connectivity index (χ3v) is 6.57. The normalized spacial score (nSPS) is 16.9. The first-order chi connectivity index (χ1) is 17.8. The van der Waals surface area contributed by atoms with Gasteiger partial charge in [0.1, 0.15) is 11.9 Å². The number of pyridine rings is 1. The highest BCUT2D eigenvalue weighted by molar-refractivity contribution is 6.05. The molecule has 2 aliphatic rings. The number of imide groups is 1. The van der Waals surface area contributed by atoms with Crippen molar-refractivity contribution in [2.45, 2.75) is 38.5 Å². The molecular formula is C27H23FN4O5. The molecule has 2 aromatic carbocycles. The van der Waals surface area contributed by atoms with Gasteiger partial charge in [-0.05, 0) is 65.6 Å². The Bertz CT molecular complexity index is 1410. The second-order valence-electron chi connectivity index (χ2n) is 9.09. The number of carbonyl (C=O) groups excluding carboxylic acids is 3. The number of halogens is 1. The van der Waals surface area contributed by atoms with E-state index in [2.05, 4.69) is 10.3 Å². The van der Waals surface area contributed by atoms with Crippen LogP contribution in [0.1, 0.15) is 39.9 Å². The fraction of sp³-hybridized carbons (Fsp3) is 0.222. The number of benzene rings is 2. The molecule has 10 heteroatoms. The van der Waals surface area contributed by atoms with Gasteiger partial charge in [-0.1, -0.05) is 12.1 Å². The molecule has 37 heavy (non-hydrogen) atoms. The summed E-state index contributed by atoms with van der Waals surface area (Å²) in [4.78, 5) is 55.8. The summed E-state index contributed by atoms with van der Waals surface area (Å²) in [6.45, 7) is 0.383. The fourth-order valence-corrected chi connectivity index (χ4v) is 4.68. The summed E-state index contributed by atoms with van der Waals surface area (Å²) in [5, 5.41) is 12.1. The molecule has 5 rings (SSSR count). The minimum atomic E-state index is -1.13. The number of piperidine rings is 1. The van der Waals surface area contributed by atoms with E-state index in [1.165, 1.54) is 21.9 Å². The van der Waals surface area contributed by atoms with Crippen molar-refractivity contribution < 1.29 is 28.7 Å². The van der Waals surface area contributed by atoms with Gasteiger partial charge in [-0.25, -0.2) is 9.18 Å². The quantitative estimate of drug-likeness (QED) is 0.499. The molecule has 188 valence electrons. The molecule has 0 saturated carbocycles. The van der Waals surface area contributed by atoms with Gasteiger partial charge in [-0.15, -0.1) is 0 Å². The van der Waals surface area contributed by atoms with Crippen LogP contribution >= 0.6 is 0 Å². The van der Waals surface area contributed by atoms with Gasteiger partial charge >= 0.3 is 6.09 Å². The fourth-order valence-electron chi connectivity index (χ4n) is 4.68. The van der Waals surface area contributed by atoms with E-state index in [1.807, 2.05) is 0 Å². The van der Waals surface area contributed by atoms with Crippen LogP contribution < -0.4 is 5.32 Å². The highest BCUT2D eigenvalue weighted by Gasteiger charge is 2.39. The lowest BCUT2D eigenvalue weighted by Crippen LogP contribution is -2.52. The van der Waals surface area contributed by atoms with E-state index in [-0.39, 0.29) is 50.1 Å². The number of nitrogens with zero attached hydrogens (tertiary/aromatic N) is 3. The summed E-state index contributed by atoms with van der Waals surface area (Å²) >= 11 is 0. The van der Waals surface area contributed by atoms with Crippen LogP contribution in [0.15, 0.2) is 60.8 Å². The first-order valence-corrected chi connectivity index (χ1v) is 11.7. The van der Waals surface area contributed by atoms with Gasteiger partial charge in [0.15, 0.2) is 0 Å². The zero-order valence-corrected chi connectivity index (χ0v) is 19.7. The molecule has 1 saturated heterocycles. The zero-order valence-electron chi connectivity index (χ0n) is 19.7. The molecule has 3 heterocycles. The van der Waals surface area contributed by atoms with E-state index >= 15 is 0 Å². The van der Waals surface area contributed by atoms with E-state index in [9.17, 15) is 28.7 Å². The molecule has 1 atom stereocenters. The van der Waals surface area contributed by atoms with Crippen LogP contribution in [-0.4, -0.2) is 49.7 Å². The average Bonchev–Trinajstić information content (AvgIpc) is 3.20. The van der Waals surface area contributed by atoms with Crippen molar-refractivity contribution in [3.63, 3.8) is 0 Å². The van der Waals surface area contributed by atoms with Gasteiger partial charge in [0, 0.05) is 43.4 Å². The molecule has 1 aromatic heterocycles. The Hall–Kier alpha value is -4.60. The molecule has 0 bridgehead atoms. The lowest BCUT2D eigenvalue weighted by atomic mass is 10.0. The Kier molecular flexibility index (Phi) is 6.39. The van der Waals surface area contributed by atoms with Crippen LogP contribution in [0.3, 0.4) is 0 Å². The predicted octanol–water partition coefficient (Wildman–Crippen LogP) is 3.33. The molecular weight excluding hydrogens is 479 g/mol. The molecule has 0 aliphatic carbocycles. The highest BCUT2D eigenvalue weighted by atomic mass is 19.1. The van der Waals surface area contributed by atoms with Crippen LogP contribution in [0.25, 0.3) is 11.3 Å². The van der Waals surface area contributed by atoms with E-state index in [4.69, 9.17) is 0 Å². The van der Waals surface area contributed by atoms with Crippen LogP contribution in [0.2, 0.25) is 0 Å². The lowest BCUT2D eigenvalue weighted by Gasteiger charge is -2.29. The number of aromatic nitrogens is 1. The van der Waals surface area contributed by atoms with Gasteiger partial charge in [0.25, 0.3) is 5.91 Å². The van der Waals surface area contributed by atoms with Gasteiger partial charge in [-0.2, -0.15) is 0 Å². The van der Waals surface area contributed by atoms with Gasteiger partial charge < -0.3 is 10.0 Å². The predicted molar refractivity (Wildman–Crippen MR) is 129 cm³/mol. The number of carboxylic acid groups (broad SMARTS) is 1. The summed E-state index contributed by atoms with van der Waals surface area (Å²) in [6.07, 6.45) is 0.895. The average molecular weight is 503 g/mol. The van der Waals surface area contributed by atoms with Crippen molar-refractivity contribution in [2.75, 3.05) is 0 Å². The highest BCUT2D eigenvalue weighted by Crippen LogP contribution is 2.29. The maximum absolute atomic E-state index is 13.3. The molecule has 0 radical (unpaired) electrons. The SMILES string of the molecule is O=C1CCC(N2Cc3ccc(CN(Cc4ccnc(-c5ccc(F)cc5)c4)C(=O)O)cc3C2=O)C(=O)N1. The van der Waals surface area contributed by atoms with E-state index in [0.29, 0.717) is 27.9 Å². The number of rotatable bonds is 6. The van der Waals surface area contributed by atoms with Crippen LogP contribution in [-0.2, 0) is 29.2 Å². The van der Waals surface area contributed by atoms with Gasteiger partial charge in [-0.3, -0.25) is 29.6 Å². The van der Waals surface area contributed by atoms with Crippen molar-refractivity contribution in [2.24, 2.45) is 0 Å². The number of carbonyl (C=O) groups is 4. The second-order valence-corrected chi connectivity index (χ2v) is 9.09. The lowest BCUT2D eigenvalue weighted by molar-refractivity contribution is -0.136. The van der Waals surface area contributed by atoms with Crippen LogP contribution in [0.5, 0.6) is 0 Å². The number of fused-ring (bicyclic) bond motifs is 1. The minimum Gasteiger partial charge on any atom is -0.465 e. The largest absolute Gasteiger partial charge is 0.465 e. The van der Waals surface area contributed by atoms with Gasteiger partial charge in [0.2, 0.25) is 11.8 Å². The van der Waals surface area contributed by atoms with Gasteiger partial charge in [0.05, 0.1) is 5.69 Å². The maximum atomic E-state index is 13.3. The van der Waals surface area contributed by atoms with Crippen molar-refractivity contribution in [1.82, 2.24) is 20.1 Å². The summed E-state index contributed by atoms with van der Waals surface area (Å²) < 4.78 is 13.3. The number of nitrogens with one attached hydrogen (secondary N) is 1. The van der Waals surface area contributed by atoms with E-state index in [1.54, 1.807) is 48.7 Å². The number of amides is 4. The number of hydrogen-bond acceptors (Lipinski definition) is 5. The number of hydrogen-bond donors (Lipinski definition) is 2. The Morgan fingerprint density at radius 3 is 2.49 bits per heavy atom. The summed E-state index contributed by atoms with van der Waals surface area (Å²) in [6, 6.07) is 13.9. The second kappa shape index (κ2) is 9.81. The third kappa shape index (κ3) is 5.04. The van der Waals surface area contributed by atoms with Crippen molar-refractivity contribution in [1.29, 1.82) is 0 Å². The molecule has 1 fully saturated rings. The topological polar surface area (TPSA) is 120 Å². The minimum absolute atomic E-state index is 0.0442. The maximum Gasteiger partial charge on any atom is 0.407 e. The first-order valence-electron chi connectivity index (χ1n) is 11.7. The molecule has 2 N–H and O–H groups in total.